The van der Waals surface area contributed by atoms with Crippen LogP contribution in [0.2, 0.25) is 0 Å². The van der Waals surface area contributed by atoms with Crippen LogP contribution >= 0.6 is 11.6 Å². The van der Waals surface area contributed by atoms with Gasteiger partial charge < -0.3 is 4.90 Å². The van der Waals surface area contributed by atoms with Crippen molar-refractivity contribution >= 4 is 27.3 Å². The van der Waals surface area contributed by atoms with Gasteiger partial charge in [-0.05, 0) is 11.6 Å². The molecular weight excluding hydrogens is 262 g/mol. The Bertz CT molecular complexity index is 556. The first-order valence-electron chi connectivity index (χ1n) is 5.10. The minimum absolute atomic E-state index is 0.0640. The van der Waals surface area contributed by atoms with Crippen molar-refractivity contribution in [3.05, 3.63) is 29.8 Å². The van der Waals surface area contributed by atoms with E-state index >= 15 is 0 Å². The fourth-order valence-electron chi connectivity index (χ4n) is 2.01. The zero-order valence-electron chi connectivity index (χ0n) is 9.26. The highest BCUT2D eigenvalue weighted by atomic mass is 35.5. The fourth-order valence-corrected chi connectivity index (χ4v) is 4.05. The molecule has 0 bridgehead atoms. The molecule has 1 aliphatic rings. The van der Waals surface area contributed by atoms with Gasteiger partial charge in [0, 0.05) is 7.05 Å². The molecule has 0 N–H and O–H groups in total. The highest BCUT2D eigenvalue weighted by Crippen LogP contribution is 2.36. The lowest BCUT2D eigenvalue weighted by Crippen LogP contribution is -2.33. The van der Waals surface area contributed by atoms with Crippen LogP contribution < -0.4 is 0 Å². The SMILES string of the molecule is CN(C(=O)CCl)C1CS(=O)(=O)c2ccccc21. The third-order valence-electron chi connectivity index (χ3n) is 2.97. The maximum Gasteiger partial charge on any atom is 0.237 e. The largest absolute Gasteiger partial charge is 0.337 e. The lowest BCUT2D eigenvalue weighted by molar-refractivity contribution is -0.128. The van der Waals surface area contributed by atoms with E-state index < -0.39 is 15.9 Å². The molecule has 0 saturated carbocycles. The first kappa shape index (κ1) is 12.4. The number of carbonyl (C=O) groups is 1. The molecule has 2 rings (SSSR count). The van der Waals surface area contributed by atoms with E-state index in [2.05, 4.69) is 0 Å². The van der Waals surface area contributed by atoms with E-state index in [1.165, 1.54) is 4.90 Å². The number of hydrogen-bond donors (Lipinski definition) is 0. The Morgan fingerprint density at radius 2 is 2.12 bits per heavy atom. The third-order valence-corrected chi connectivity index (χ3v) is 4.99. The van der Waals surface area contributed by atoms with Gasteiger partial charge in [0.15, 0.2) is 9.84 Å². The Balaban J connectivity index is 2.45. The van der Waals surface area contributed by atoms with Crippen LogP contribution in [0.3, 0.4) is 0 Å². The first-order valence-corrected chi connectivity index (χ1v) is 7.29. The number of rotatable bonds is 2. The summed E-state index contributed by atoms with van der Waals surface area (Å²) in [5.74, 6) is -0.482. The second kappa shape index (κ2) is 4.31. The summed E-state index contributed by atoms with van der Waals surface area (Å²) in [4.78, 5) is 13.2. The predicted octanol–water partition coefficient (Wildman–Crippen LogP) is 1.21. The maximum atomic E-state index is 11.9. The van der Waals surface area contributed by atoms with Gasteiger partial charge in [0.2, 0.25) is 5.91 Å². The molecule has 1 heterocycles. The third kappa shape index (κ3) is 2.05. The summed E-state index contributed by atoms with van der Waals surface area (Å²) in [6, 6.07) is 6.34. The van der Waals surface area contributed by atoms with Crippen molar-refractivity contribution in [1.82, 2.24) is 4.90 Å². The number of fused-ring (bicyclic) bond motifs is 1. The van der Waals surface area contributed by atoms with E-state index in [0.717, 1.165) is 0 Å². The second-order valence-electron chi connectivity index (χ2n) is 3.97. The van der Waals surface area contributed by atoms with Crippen LogP contribution in [0.5, 0.6) is 0 Å². The summed E-state index contributed by atoms with van der Waals surface area (Å²) in [6.45, 7) is 0. The van der Waals surface area contributed by atoms with Crippen LogP contribution in [-0.2, 0) is 14.6 Å². The standard InChI is InChI=1S/C11H12ClNO3S/c1-13(11(14)6-12)9-7-17(15,16)10-5-3-2-4-8(9)10/h2-5,9H,6-7H2,1H3. The Hall–Kier alpha value is -1.07. The molecule has 1 aromatic rings. The van der Waals surface area contributed by atoms with Crippen LogP contribution in [0.15, 0.2) is 29.2 Å². The molecule has 0 fully saturated rings. The lowest BCUT2D eigenvalue weighted by Gasteiger charge is -2.23. The molecule has 17 heavy (non-hydrogen) atoms. The molecule has 0 saturated heterocycles. The summed E-state index contributed by atoms with van der Waals surface area (Å²) in [5.41, 5.74) is 0.675. The zero-order chi connectivity index (χ0) is 12.6. The Morgan fingerprint density at radius 1 is 1.47 bits per heavy atom. The van der Waals surface area contributed by atoms with Gasteiger partial charge in [-0.2, -0.15) is 0 Å². The van der Waals surface area contributed by atoms with Crippen LogP contribution in [0.1, 0.15) is 11.6 Å². The van der Waals surface area contributed by atoms with E-state index in [0.29, 0.717) is 10.5 Å². The average molecular weight is 274 g/mol. The van der Waals surface area contributed by atoms with Crippen LogP contribution in [0.4, 0.5) is 0 Å². The van der Waals surface area contributed by atoms with Gasteiger partial charge in [-0.1, -0.05) is 18.2 Å². The van der Waals surface area contributed by atoms with Gasteiger partial charge in [-0.3, -0.25) is 4.79 Å². The minimum atomic E-state index is -3.28. The molecule has 1 amide bonds. The molecule has 1 aromatic carbocycles. The van der Waals surface area contributed by atoms with E-state index in [-0.39, 0.29) is 17.5 Å². The van der Waals surface area contributed by atoms with E-state index in [1.807, 2.05) is 0 Å². The predicted molar refractivity (Wildman–Crippen MR) is 64.7 cm³/mol. The molecule has 92 valence electrons. The number of carbonyl (C=O) groups excluding carboxylic acids is 1. The Labute approximate surface area is 105 Å². The number of sulfone groups is 1. The van der Waals surface area contributed by atoms with E-state index in [1.54, 1.807) is 31.3 Å². The van der Waals surface area contributed by atoms with Crippen molar-refractivity contribution in [3.8, 4) is 0 Å². The van der Waals surface area contributed by atoms with Gasteiger partial charge >= 0.3 is 0 Å². The molecule has 4 nitrogen and oxygen atoms in total. The quantitative estimate of drug-likeness (QED) is 0.761. The van der Waals surface area contributed by atoms with Gasteiger partial charge in [0.05, 0.1) is 16.7 Å². The number of amides is 1. The zero-order valence-corrected chi connectivity index (χ0v) is 10.8. The Kier molecular flexibility index (Phi) is 3.14. The number of nitrogens with zero attached hydrogens (tertiary/aromatic N) is 1. The topological polar surface area (TPSA) is 54.5 Å². The monoisotopic (exact) mass is 273 g/mol. The van der Waals surface area contributed by atoms with Gasteiger partial charge in [-0.15, -0.1) is 11.6 Å². The smallest absolute Gasteiger partial charge is 0.237 e. The fraction of sp³-hybridized carbons (Fsp3) is 0.364. The number of alkyl halides is 1. The van der Waals surface area contributed by atoms with Crippen molar-refractivity contribution in [1.29, 1.82) is 0 Å². The minimum Gasteiger partial charge on any atom is -0.337 e. The Morgan fingerprint density at radius 3 is 2.76 bits per heavy atom. The highest BCUT2D eigenvalue weighted by Gasteiger charge is 2.37. The van der Waals surface area contributed by atoms with Gasteiger partial charge in [0.25, 0.3) is 0 Å². The highest BCUT2D eigenvalue weighted by molar-refractivity contribution is 7.91. The summed E-state index contributed by atoms with van der Waals surface area (Å²) in [6.07, 6.45) is 0. The molecule has 1 unspecified atom stereocenters. The molecule has 1 atom stereocenters. The second-order valence-corrected chi connectivity index (χ2v) is 6.24. The summed E-state index contributed by atoms with van der Waals surface area (Å²) in [5, 5.41) is 0. The molecule has 1 aliphatic heterocycles. The normalized spacial score (nSPS) is 20.9. The van der Waals surface area contributed by atoms with Crippen LogP contribution in [0.25, 0.3) is 0 Å². The number of hydrogen-bond acceptors (Lipinski definition) is 3. The summed E-state index contributed by atoms with van der Waals surface area (Å²) in [7, 11) is -1.70. The molecule has 6 heteroatoms. The lowest BCUT2D eigenvalue weighted by atomic mass is 10.1. The molecule has 0 spiro atoms. The van der Waals surface area contributed by atoms with Gasteiger partial charge in [-0.25, -0.2) is 8.42 Å². The van der Waals surface area contributed by atoms with Crippen molar-refractivity contribution in [2.45, 2.75) is 10.9 Å². The number of halogens is 1. The van der Waals surface area contributed by atoms with Crippen LogP contribution in [-0.4, -0.2) is 37.9 Å². The van der Waals surface area contributed by atoms with Crippen molar-refractivity contribution in [3.63, 3.8) is 0 Å². The molecule has 0 radical (unpaired) electrons. The van der Waals surface area contributed by atoms with Crippen molar-refractivity contribution < 1.29 is 13.2 Å². The number of benzene rings is 1. The first-order chi connectivity index (χ1) is 7.97. The van der Waals surface area contributed by atoms with Crippen molar-refractivity contribution in [2.75, 3.05) is 18.7 Å². The van der Waals surface area contributed by atoms with Crippen LogP contribution in [0, 0.1) is 0 Å². The molecule has 0 aliphatic carbocycles. The molecule has 0 aromatic heterocycles. The average Bonchev–Trinajstić information content (AvgIpc) is 2.60. The van der Waals surface area contributed by atoms with Crippen molar-refractivity contribution in [2.24, 2.45) is 0 Å². The molecular formula is C11H12ClNO3S. The summed E-state index contributed by atoms with van der Waals surface area (Å²) < 4.78 is 23.8. The van der Waals surface area contributed by atoms with E-state index in [9.17, 15) is 13.2 Å². The van der Waals surface area contributed by atoms with E-state index in [4.69, 9.17) is 11.6 Å². The maximum absolute atomic E-state index is 11.9. The summed E-state index contributed by atoms with van der Waals surface area (Å²) >= 11 is 5.48. The van der Waals surface area contributed by atoms with Gasteiger partial charge in [0.1, 0.15) is 5.88 Å².